The zero-order chi connectivity index (χ0) is 19.8. The van der Waals surface area contributed by atoms with E-state index in [4.69, 9.17) is 11.6 Å². The summed E-state index contributed by atoms with van der Waals surface area (Å²) in [7, 11) is 0. The average Bonchev–Trinajstić information content (AvgIpc) is 3.09. The van der Waals surface area contributed by atoms with Crippen LogP contribution in [0.1, 0.15) is 20.8 Å². The third kappa shape index (κ3) is 3.51. The van der Waals surface area contributed by atoms with Gasteiger partial charge in [0, 0.05) is 26.4 Å². The van der Waals surface area contributed by atoms with E-state index in [1.807, 2.05) is 18.2 Å². The van der Waals surface area contributed by atoms with Gasteiger partial charge in [0.1, 0.15) is 0 Å². The maximum Gasteiger partial charge on any atom is 0.335 e. The molecule has 1 heterocycles. The van der Waals surface area contributed by atoms with Crippen LogP contribution >= 0.6 is 22.9 Å². The van der Waals surface area contributed by atoms with E-state index in [0.717, 1.165) is 32.2 Å². The van der Waals surface area contributed by atoms with Crippen molar-refractivity contribution < 1.29 is 18.7 Å². The SMILES string of the molecule is O=C(O)c1cccc(-c2ccc(Cl)c3cc(Cc4ccc(F)c(F)c4)sc23)c1. The van der Waals surface area contributed by atoms with Crippen LogP contribution in [0.5, 0.6) is 0 Å². The Kier molecular flexibility index (Phi) is 4.87. The summed E-state index contributed by atoms with van der Waals surface area (Å²) in [6, 6.07) is 16.2. The largest absolute Gasteiger partial charge is 0.478 e. The van der Waals surface area contributed by atoms with E-state index in [1.54, 1.807) is 30.3 Å². The first-order valence-electron chi connectivity index (χ1n) is 8.41. The number of carbonyl (C=O) groups is 1. The predicted molar refractivity (Wildman–Crippen MR) is 108 cm³/mol. The second-order valence-electron chi connectivity index (χ2n) is 6.36. The van der Waals surface area contributed by atoms with Gasteiger partial charge < -0.3 is 5.11 Å². The molecule has 3 aromatic carbocycles. The molecule has 4 aromatic rings. The Bertz CT molecular complexity index is 1220. The van der Waals surface area contributed by atoms with Gasteiger partial charge >= 0.3 is 5.97 Å². The van der Waals surface area contributed by atoms with Crippen molar-refractivity contribution in [1.29, 1.82) is 0 Å². The minimum atomic E-state index is -0.989. The maximum atomic E-state index is 13.5. The molecule has 0 amide bonds. The van der Waals surface area contributed by atoms with Crippen LogP contribution in [0.2, 0.25) is 5.02 Å². The van der Waals surface area contributed by atoms with Crippen molar-refractivity contribution in [1.82, 2.24) is 0 Å². The van der Waals surface area contributed by atoms with Crippen LogP contribution in [0.15, 0.2) is 60.7 Å². The van der Waals surface area contributed by atoms with E-state index in [-0.39, 0.29) is 5.56 Å². The average molecular weight is 415 g/mol. The minimum Gasteiger partial charge on any atom is -0.478 e. The first kappa shape index (κ1) is 18.6. The van der Waals surface area contributed by atoms with Gasteiger partial charge in [-0.25, -0.2) is 13.6 Å². The first-order valence-corrected chi connectivity index (χ1v) is 9.60. The molecule has 0 spiro atoms. The second-order valence-corrected chi connectivity index (χ2v) is 7.91. The number of benzene rings is 3. The maximum absolute atomic E-state index is 13.5. The zero-order valence-corrected chi connectivity index (χ0v) is 16.0. The van der Waals surface area contributed by atoms with Crippen LogP contribution < -0.4 is 0 Å². The lowest BCUT2D eigenvalue weighted by Gasteiger charge is -2.06. The molecule has 0 atom stereocenters. The van der Waals surface area contributed by atoms with Gasteiger partial charge in [-0.05, 0) is 53.1 Å². The van der Waals surface area contributed by atoms with Crippen LogP contribution in [0.3, 0.4) is 0 Å². The Morgan fingerprint density at radius 1 is 1.00 bits per heavy atom. The van der Waals surface area contributed by atoms with Crippen LogP contribution in [0.4, 0.5) is 8.78 Å². The number of aromatic carboxylic acids is 1. The molecule has 4 rings (SSSR count). The Labute approximate surface area is 168 Å². The highest BCUT2D eigenvalue weighted by Crippen LogP contribution is 2.39. The van der Waals surface area contributed by atoms with E-state index < -0.39 is 17.6 Å². The summed E-state index contributed by atoms with van der Waals surface area (Å²) >= 11 is 7.87. The quantitative estimate of drug-likeness (QED) is 0.399. The number of hydrogen-bond acceptors (Lipinski definition) is 2. The molecule has 0 bridgehead atoms. The van der Waals surface area contributed by atoms with E-state index in [9.17, 15) is 18.7 Å². The topological polar surface area (TPSA) is 37.3 Å². The third-order valence-electron chi connectivity index (χ3n) is 4.46. The van der Waals surface area contributed by atoms with Gasteiger partial charge in [-0.15, -0.1) is 11.3 Å². The highest BCUT2D eigenvalue weighted by Gasteiger charge is 2.14. The van der Waals surface area contributed by atoms with Crippen molar-refractivity contribution in [3.63, 3.8) is 0 Å². The fraction of sp³-hybridized carbons (Fsp3) is 0.0455. The summed E-state index contributed by atoms with van der Waals surface area (Å²) in [6.07, 6.45) is 0.446. The number of carboxylic acid groups (broad SMARTS) is 1. The van der Waals surface area contributed by atoms with E-state index in [1.165, 1.54) is 17.4 Å². The van der Waals surface area contributed by atoms with Crippen LogP contribution in [-0.4, -0.2) is 11.1 Å². The lowest BCUT2D eigenvalue weighted by atomic mass is 10.0. The molecule has 2 nitrogen and oxygen atoms in total. The summed E-state index contributed by atoms with van der Waals surface area (Å²) in [5.41, 5.74) is 2.53. The summed E-state index contributed by atoms with van der Waals surface area (Å²) in [4.78, 5) is 12.2. The lowest BCUT2D eigenvalue weighted by Crippen LogP contribution is -1.95. The summed E-state index contributed by atoms with van der Waals surface area (Å²) < 4.78 is 27.6. The molecule has 0 unspecified atom stereocenters. The van der Waals surface area contributed by atoms with Gasteiger partial charge in [-0.2, -0.15) is 0 Å². The number of halogens is 3. The van der Waals surface area contributed by atoms with Crippen LogP contribution in [-0.2, 0) is 6.42 Å². The van der Waals surface area contributed by atoms with Gasteiger partial charge in [-0.1, -0.05) is 35.9 Å². The predicted octanol–water partition coefficient (Wildman–Crippen LogP) is 6.79. The van der Waals surface area contributed by atoms with E-state index in [0.29, 0.717) is 17.0 Å². The van der Waals surface area contributed by atoms with Gasteiger partial charge in [-0.3, -0.25) is 0 Å². The molecule has 140 valence electrons. The fourth-order valence-corrected chi connectivity index (χ4v) is 4.65. The fourth-order valence-electron chi connectivity index (χ4n) is 3.13. The van der Waals surface area contributed by atoms with Crippen molar-refractivity contribution in [2.75, 3.05) is 0 Å². The standard InChI is InChI=1S/C22H13ClF2O2S/c23-18-6-5-16(13-2-1-3-14(10-13)22(26)27)21-17(18)11-15(28-21)8-12-4-7-19(24)20(25)9-12/h1-7,9-11H,8H2,(H,26,27). The summed E-state index contributed by atoms with van der Waals surface area (Å²) in [5.74, 6) is -2.73. The van der Waals surface area contributed by atoms with Gasteiger partial charge in [0.05, 0.1) is 5.56 Å². The number of carboxylic acids is 1. The van der Waals surface area contributed by atoms with Crippen molar-refractivity contribution >= 4 is 39.0 Å². The highest BCUT2D eigenvalue weighted by molar-refractivity contribution is 7.19. The van der Waals surface area contributed by atoms with Gasteiger partial charge in [0.15, 0.2) is 11.6 Å². The van der Waals surface area contributed by atoms with Gasteiger partial charge in [0.25, 0.3) is 0 Å². The Morgan fingerprint density at radius 3 is 2.57 bits per heavy atom. The number of thiophene rings is 1. The molecular weight excluding hydrogens is 402 g/mol. The molecule has 1 N–H and O–H groups in total. The van der Waals surface area contributed by atoms with Crippen molar-refractivity contribution in [3.8, 4) is 11.1 Å². The molecule has 0 saturated heterocycles. The normalized spacial score (nSPS) is 11.1. The van der Waals surface area contributed by atoms with E-state index in [2.05, 4.69) is 0 Å². The monoisotopic (exact) mass is 414 g/mol. The van der Waals surface area contributed by atoms with Crippen molar-refractivity contribution in [2.24, 2.45) is 0 Å². The zero-order valence-electron chi connectivity index (χ0n) is 14.4. The second kappa shape index (κ2) is 7.34. The molecule has 28 heavy (non-hydrogen) atoms. The molecule has 0 aliphatic heterocycles. The van der Waals surface area contributed by atoms with Crippen LogP contribution in [0, 0.1) is 11.6 Å². The minimum absolute atomic E-state index is 0.208. The van der Waals surface area contributed by atoms with Gasteiger partial charge in [0.2, 0.25) is 0 Å². The first-order chi connectivity index (χ1) is 13.4. The number of hydrogen-bond donors (Lipinski definition) is 1. The molecular formula is C22H13ClF2O2S. The molecule has 0 fully saturated rings. The summed E-state index contributed by atoms with van der Waals surface area (Å²) in [6.45, 7) is 0. The number of fused-ring (bicyclic) bond motifs is 1. The lowest BCUT2D eigenvalue weighted by molar-refractivity contribution is 0.0697. The van der Waals surface area contributed by atoms with Crippen LogP contribution in [0.25, 0.3) is 21.2 Å². The van der Waals surface area contributed by atoms with Crippen molar-refractivity contribution in [3.05, 3.63) is 93.3 Å². The Hall–Kier alpha value is -2.76. The van der Waals surface area contributed by atoms with E-state index >= 15 is 0 Å². The highest BCUT2D eigenvalue weighted by atomic mass is 35.5. The number of rotatable bonds is 4. The third-order valence-corrected chi connectivity index (χ3v) is 5.96. The molecule has 0 saturated carbocycles. The summed E-state index contributed by atoms with van der Waals surface area (Å²) in [5, 5.41) is 10.7. The molecule has 0 aliphatic carbocycles. The Balaban J connectivity index is 1.79. The molecule has 6 heteroatoms. The Morgan fingerprint density at radius 2 is 1.82 bits per heavy atom. The molecule has 1 aromatic heterocycles. The van der Waals surface area contributed by atoms with Crippen molar-refractivity contribution in [2.45, 2.75) is 6.42 Å². The molecule has 0 radical (unpaired) electrons. The smallest absolute Gasteiger partial charge is 0.335 e. The molecule has 0 aliphatic rings.